The summed E-state index contributed by atoms with van der Waals surface area (Å²) in [6, 6.07) is 8.68. The molecule has 8 heteroatoms. The maximum absolute atomic E-state index is 12.2. The standard InChI is InChI=1S/C13H14N2O4S2/c1-20(16,17)12-5-2-6-13(8-12)21(18,19)15-10-11-4-3-7-14-9-11/h2-9,15H,10H2,1H3. The Morgan fingerprint density at radius 2 is 1.76 bits per heavy atom. The number of pyridine rings is 1. The van der Waals surface area contributed by atoms with Crippen molar-refractivity contribution in [2.24, 2.45) is 0 Å². The molecule has 1 N–H and O–H groups in total. The van der Waals surface area contributed by atoms with Crippen LogP contribution in [0.15, 0.2) is 58.6 Å². The Morgan fingerprint density at radius 1 is 1.05 bits per heavy atom. The van der Waals surface area contributed by atoms with Crippen LogP contribution in [-0.2, 0) is 26.4 Å². The molecule has 1 aromatic heterocycles. The quantitative estimate of drug-likeness (QED) is 0.883. The molecule has 0 aliphatic rings. The first-order valence-corrected chi connectivity index (χ1v) is 9.35. The van der Waals surface area contributed by atoms with Gasteiger partial charge in [-0.2, -0.15) is 0 Å². The lowest BCUT2D eigenvalue weighted by Crippen LogP contribution is -2.23. The number of hydrogen-bond acceptors (Lipinski definition) is 5. The van der Waals surface area contributed by atoms with Gasteiger partial charge in [-0.25, -0.2) is 21.6 Å². The number of hydrogen-bond donors (Lipinski definition) is 1. The van der Waals surface area contributed by atoms with E-state index in [1.165, 1.54) is 18.2 Å². The minimum atomic E-state index is -3.78. The zero-order valence-electron chi connectivity index (χ0n) is 11.2. The molecule has 0 saturated carbocycles. The number of sulfonamides is 1. The Labute approximate surface area is 123 Å². The van der Waals surface area contributed by atoms with Crippen LogP contribution in [0.2, 0.25) is 0 Å². The third-order valence-electron chi connectivity index (χ3n) is 2.73. The van der Waals surface area contributed by atoms with Crippen LogP contribution in [0, 0.1) is 0 Å². The van der Waals surface area contributed by atoms with Crippen LogP contribution in [0.25, 0.3) is 0 Å². The Morgan fingerprint density at radius 3 is 2.38 bits per heavy atom. The molecule has 0 amide bonds. The normalized spacial score (nSPS) is 12.2. The number of benzene rings is 1. The third-order valence-corrected chi connectivity index (χ3v) is 5.24. The molecule has 0 aliphatic carbocycles. The predicted octanol–water partition coefficient (Wildman–Crippen LogP) is 0.964. The molecular weight excluding hydrogens is 312 g/mol. The topological polar surface area (TPSA) is 93.2 Å². The maximum Gasteiger partial charge on any atom is 0.240 e. The van der Waals surface area contributed by atoms with Crippen molar-refractivity contribution in [1.29, 1.82) is 0 Å². The molecule has 1 heterocycles. The van der Waals surface area contributed by atoms with Crippen molar-refractivity contribution in [3.8, 4) is 0 Å². The molecule has 2 rings (SSSR count). The SMILES string of the molecule is CS(=O)(=O)c1cccc(S(=O)(=O)NCc2cccnc2)c1. The van der Waals surface area contributed by atoms with E-state index < -0.39 is 19.9 Å². The van der Waals surface area contributed by atoms with Crippen LogP contribution in [0.3, 0.4) is 0 Å². The number of nitrogens with zero attached hydrogens (tertiary/aromatic N) is 1. The smallest absolute Gasteiger partial charge is 0.240 e. The zero-order chi connectivity index (χ0) is 15.5. The highest BCUT2D eigenvalue weighted by molar-refractivity contribution is 7.91. The van der Waals surface area contributed by atoms with Crippen molar-refractivity contribution in [2.75, 3.05) is 6.26 Å². The van der Waals surface area contributed by atoms with Gasteiger partial charge < -0.3 is 0 Å². The first-order valence-electron chi connectivity index (χ1n) is 5.98. The van der Waals surface area contributed by atoms with Gasteiger partial charge >= 0.3 is 0 Å². The van der Waals surface area contributed by atoms with Gasteiger partial charge in [0.15, 0.2) is 9.84 Å². The van der Waals surface area contributed by atoms with Crippen molar-refractivity contribution >= 4 is 19.9 Å². The second kappa shape index (κ2) is 5.92. The Balaban J connectivity index is 2.24. The summed E-state index contributed by atoms with van der Waals surface area (Å²) in [4.78, 5) is 3.77. The van der Waals surface area contributed by atoms with Crippen molar-refractivity contribution in [2.45, 2.75) is 16.3 Å². The van der Waals surface area contributed by atoms with Crippen molar-refractivity contribution in [3.05, 3.63) is 54.4 Å². The number of nitrogens with one attached hydrogen (secondary N) is 1. The molecule has 0 aliphatic heterocycles. The average molecular weight is 326 g/mol. The van der Waals surface area contributed by atoms with Gasteiger partial charge in [0, 0.05) is 25.2 Å². The number of rotatable bonds is 5. The van der Waals surface area contributed by atoms with Gasteiger partial charge in [-0.05, 0) is 29.8 Å². The van der Waals surface area contributed by atoms with E-state index in [9.17, 15) is 16.8 Å². The molecule has 1 aromatic carbocycles. The monoisotopic (exact) mass is 326 g/mol. The van der Waals surface area contributed by atoms with E-state index in [4.69, 9.17) is 0 Å². The van der Waals surface area contributed by atoms with Gasteiger partial charge in [-0.1, -0.05) is 12.1 Å². The Hall–Kier alpha value is -1.77. The minimum Gasteiger partial charge on any atom is -0.264 e. The van der Waals surface area contributed by atoms with Gasteiger partial charge in [-0.3, -0.25) is 4.98 Å². The predicted molar refractivity (Wildman–Crippen MR) is 77.8 cm³/mol. The highest BCUT2D eigenvalue weighted by atomic mass is 32.2. The number of sulfone groups is 1. The van der Waals surface area contributed by atoms with Crippen LogP contribution < -0.4 is 4.72 Å². The fourth-order valence-corrected chi connectivity index (χ4v) is 3.44. The van der Waals surface area contributed by atoms with Gasteiger partial charge in [0.25, 0.3) is 0 Å². The zero-order valence-corrected chi connectivity index (χ0v) is 12.9. The highest BCUT2D eigenvalue weighted by Crippen LogP contribution is 2.15. The van der Waals surface area contributed by atoms with Gasteiger partial charge in [0.05, 0.1) is 9.79 Å². The maximum atomic E-state index is 12.2. The van der Waals surface area contributed by atoms with E-state index in [0.717, 1.165) is 12.3 Å². The second-order valence-electron chi connectivity index (χ2n) is 4.43. The molecule has 0 saturated heterocycles. The lowest BCUT2D eigenvalue weighted by molar-refractivity contribution is 0.581. The van der Waals surface area contributed by atoms with Crippen molar-refractivity contribution < 1.29 is 16.8 Å². The molecule has 21 heavy (non-hydrogen) atoms. The van der Waals surface area contributed by atoms with E-state index in [0.29, 0.717) is 5.56 Å². The summed E-state index contributed by atoms with van der Waals surface area (Å²) in [5, 5.41) is 0. The molecular formula is C13H14N2O4S2. The van der Waals surface area contributed by atoms with Gasteiger partial charge in [-0.15, -0.1) is 0 Å². The molecule has 6 nitrogen and oxygen atoms in total. The lowest BCUT2D eigenvalue weighted by Gasteiger charge is -2.07. The second-order valence-corrected chi connectivity index (χ2v) is 8.22. The molecule has 0 unspecified atom stereocenters. The van der Waals surface area contributed by atoms with E-state index in [1.54, 1.807) is 24.5 Å². The average Bonchev–Trinajstić information content (AvgIpc) is 2.46. The summed E-state index contributed by atoms with van der Waals surface area (Å²) in [6.45, 7) is 0.0826. The minimum absolute atomic E-state index is 0.0354. The number of aromatic nitrogens is 1. The van der Waals surface area contributed by atoms with Crippen LogP contribution >= 0.6 is 0 Å². The van der Waals surface area contributed by atoms with Crippen LogP contribution in [0.4, 0.5) is 0 Å². The van der Waals surface area contributed by atoms with Crippen LogP contribution in [0.5, 0.6) is 0 Å². The first-order chi connectivity index (χ1) is 9.79. The van der Waals surface area contributed by atoms with Crippen LogP contribution in [0.1, 0.15) is 5.56 Å². The van der Waals surface area contributed by atoms with E-state index >= 15 is 0 Å². The lowest BCUT2D eigenvalue weighted by atomic mass is 10.3. The molecule has 0 radical (unpaired) electrons. The third kappa shape index (κ3) is 4.10. The van der Waals surface area contributed by atoms with E-state index in [-0.39, 0.29) is 16.3 Å². The molecule has 0 atom stereocenters. The summed E-state index contributed by atoms with van der Waals surface area (Å²) >= 11 is 0. The summed E-state index contributed by atoms with van der Waals surface area (Å²) < 4.78 is 49.7. The largest absolute Gasteiger partial charge is 0.264 e. The van der Waals surface area contributed by atoms with E-state index in [2.05, 4.69) is 9.71 Å². The summed E-state index contributed by atoms with van der Waals surface area (Å²) in [5.74, 6) is 0. The molecule has 2 aromatic rings. The molecule has 0 spiro atoms. The highest BCUT2D eigenvalue weighted by Gasteiger charge is 2.16. The van der Waals surface area contributed by atoms with Crippen molar-refractivity contribution in [3.63, 3.8) is 0 Å². The fraction of sp³-hybridized carbons (Fsp3) is 0.154. The fourth-order valence-electron chi connectivity index (χ4n) is 1.64. The molecule has 0 bridgehead atoms. The van der Waals surface area contributed by atoms with Crippen LogP contribution in [-0.4, -0.2) is 28.1 Å². The Kier molecular flexibility index (Phi) is 4.40. The van der Waals surface area contributed by atoms with E-state index in [1.807, 2.05) is 0 Å². The van der Waals surface area contributed by atoms with Gasteiger partial charge in [0.1, 0.15) is 0 Å². The Bertz CT molecular complexity index is 831. The summed E-state index contributed by atoms with van der Waals surface area (Å²) in [5.41, 5.74) is 0.709. The first kappa shape index (κ1) is 15.6. The molecule has 112 valence electrons. The summed E-state index contributed by atoms with van der Waals surface area (Å²) in [7, 11) is -7.24. The van der Waals surface area contributed by atoms with Crippen molar-refractivity contribution in [1.82, 2.24) is 9.71 Å². The summed E-state index contributed by atoms with van der Waals surface area (Å²) in [6.07, 6.45) is 4.17. The molecule has 0 fully saturated rings. The van der Waals surface area contributed by atoms with Gasteiger partial charge in [0.2, 0.25) is 10.0 Å².